The molecule has 0 saturated carbocycles. The van der Waals surface area contributed by atoms with Gasteiger partial charge in [-0.05, 0) is 6.07 Å². The Morgan fingerprint density at radius 2 is 2.07 bits per heavy atom. The molecule has 0 heterocycles. The number of nitrogen functional groups attached to an aromatic ring is 1. The second kappa shape index (κ2) is 3.93. The van der Waals surface area contributed by atoms with Crippen molar-refractivity contribution in [3.8, 4) is 0 Å². The second-order valence-electron chi connectivity index (χ2n) is 3.03. The summed E-state index contributed by atoms with van der Waals surface area (Å²) in [6.45, 7) is 0. The zero-order valence-corrected chi connectivity index (χ0v) is 8.02. The SMILES string of the molecule is CN(C)c1cc(NN)cc([N+](=O)[O-])c1. The van der Waals surface area contributed by atoms with Crippen LogP contribution in [0.1, 0.15) is 0 Å². The maximum atomic E-state index is 10.6. The molecule has 76 valence electrons. The number of benzene rings is 1. The molecule has 1 aromatic carbocycles. The monoisotopic (exact) mass is 196 g/mol. The smallest absolute Gasteiger partial charge is 0.273 e. The number of nitro benzene ring substituents is 1. The van der Waals surface area contributed by atoms with Crippen LogP contribution in [-0.2, 0) is 0 Å². The zero-order chi connectivity index (χ0) is 10.7. The minimum Gasteiger partial charge on any atom is -0.377 e. The number of nitro groups is 1. The lowest BCUT2D eigenvalue weighted by molar-refractivity contribution is -0.384. The summed E-state index contributed by atoms with van der Waals surface area (Å²) in [6, 6.07) is 4.60. The number of rotatable bonds is 3. The Balaban J connectivity index is 3.20. The molecule has 6 heteroatoms. The van der Waals surface area contributed by atoms with E-state index in [-0.39, 0.29) is 5.69 Å². The van der Waals surface area contributed by atoms with Gasteiger partial charge in [0.1, 0.15) is 0 Å². The van der Waals surface area contributed by atoms with Crippen molar-refractivity contribution in [2.45, 2.75) is 0 Å². The number of hydrogen-bond acceptors (Lipinski definition) is 5. The van der Waals surface area contributed by atoms with Crippen molar-refractivity contribution in [2.24, 2.45) is 5.84 Å². The molecule has 0 saturated heterocycles. The summed E-state index contributed by atoms with van der Waals surface area (Å²) in [5, 5.41) is 10.6. The van der Waals surface area contributed by atoms with Crippen LogP contribution in [0.3, 0.4) is 0 Å². The lowest BCUT2D eigenvalue weighted by Crippen LogP contribution is -2.11. The van der Waals surface area contributed by atoms with Crippen molar-refractivity contribution >= 4 is 17.1 Å². The van der Waals surface area contributed by atoms with Gasteiger partial charge in [-0.25, -0.2) is 0 Å². The van der Waals surface area contributed by atoms with Gasteiger partial charge in [-0.15, -0.1) is 0 Å². The second-order valence-corrected chi connectivity index (χ2v) is 3.03. The Bertz CT molecular complexity index is 351. The van der Waals surface area contributed by atoms with E-state index in [1.807, 2.05) is 0 Å². The van der Waals surface area contributed by atoms with Gasteiger partial charge in [-0.3, -0.25) is 16.0 Å². The van der Waals surface area contributed by atoms with E-state index >= 15 is 0 Å². The van der Waals surface area contributed by atoms with E-state index in [0.717, 1.165) is 5.69 Å². The molecule has 14 heavy (non-hydrogen) atoms. The zero-order valence-electron chi connectivity index (χ0n) is 8.02. The maximum absolute atomic E-state index is 10.6. The molecular weight excluding hydrogens is 184 g/mol. The molecule has 0 aliphatic carbocycles. The molecule has 0 aliphatic rings. The van der Waals surface area contributed by atoms with Crippen LogP contribution in [0, 0.1) is 10.1 Å². The highest BCUT2D eigenvalue weighted by Gasteiger charge is 2.09. The van der Waals surface area contributed by atoms with Gasteiger partial charge in [-0.2, -0.15) is 0 Å². The standard InChI is InChI=1S/C8H12N4O2/c1-11(2)7-3-6(10-9)4-8(5-7)12(13)14/h3-5,10H,9H2,1-2H3. The third-order valence-corrected chi connectivity index (χ3v) is 1.80. The lowest BCUT2D eigenvalue weighted by Gasteiger charge is -2.13. The summed E-state index contributed by atoms with van der Waals surface area (Å²) in [4.78, 5) is 11.9. The molecule has 0 fully saturated rings. The van der Waals surface area contributed by atoms with Gasteiger partial charge in [0.2, 0.25) is 0 Å². The van der Waals surface area contributed by atoms with E-state index in [2.05, 4.69) is 5.43 Å². The van der Waals surface area contributed by atoms with Crippen LogP contribution in [0.4, 0.5) is 17.1 Å². The molecule has 0 bridgehead atoms. The van der Waals surface area contributed by atoms with Crippen LogP contribution in [0.5, 0.6) is 0 Å². The fourth-order valence-corrected chi connectivity index (χ4v) is 1.04. The Morgan fingerprint density at radius 1 is 1.43 bits per heavy atom. The summed E-state index contributed by atoms with van der Waals surface area (Å²) in [5.41, 5.74) is 3.65. The Hall–Kier alpha value is -1.82. The number of nitrogens with one attached hydrogen (secondary N) is 1. The van der Waals surface area contributed by atoms with Gasteiger partial charge in [0.15, 0.2) is 0 Å². The number of non-ortho nitro benzene ring substituents is 1. The van der Waals surface area contributed by atoms with Crippen LogP contribution in [0.25, 0.3) is 0 Å². The summed E-state index contributed by atoms with van der Waals surface area (Å²) >= 11 is 0. The quantitative estimate of drug-likeness (QED) is 0.427. The average molecular weight is 196 g/mol. The first-order valence-corrected chi connectivity index (χ1v) is 3.98. The minimum atomic E-state index is -0.451. The highest BCUT2D eigenvalue weighted by molar-refractivity contribution is 5.63. The molecule has 0 radical (unpaired) electrons. The number of anilines is 2. The van der Waals surface area contributed by atoms with Crippen molar-refractivity contribution in [3.05, 3.63) is 28.3 Å². The molecule has 0 aliphatic heterocycles. The van der Waals surface area contributed by atoms with Crippen LogP contribution < -0.4 is 16.2 Å². The van der Waals surface area contributed by atoms with Crippen molar-refractivity contribution in [1.29, 1.82) is 0 Å². The van der Waals surface area contributed by atoms with Crippen molar-refractivity contribution in [1.82, 2.24) is 0 Å². The predicted molar refractivity (Wildman–Crippen MR) is 55.2 cm³/mol. The highest BCUT2D eigenvalue weighted by Crippen LogP contribution is 2.25. The van der Waals surface area contributed by atoms with Crippen molar-refractivity contribution in [2.75, 3.05) is 24.4 Å². The van der Waals surface area contributed by atoms with E-state index in [1.165, 1.54) is 12.1 Å². The minimum absolute atomic E-state index is 0.0177. The maximum Gasteiger partial charge on any atom is 0.273 e. The first-order chi connectivity index (χ1) is 6.54. The summed E-state index contributed by atoms with van der Waals surface area (Å²) < 4.78 is 0. The number of nitrogens with zero attached hydrogens (tertiary/aromatic N) is 2. The lowest BCUT2D eigenvalue weighted by atomic mass is 10.2. The van der Waals surface area contributed by atoms with Crippen LogP contribution in [0.15, 0.2) is 18.2 Å². The molecule has 3 N–H and O–H groups in total. The Morgan fingerprint density at radius 3 is 2.50 bits per heavy atom. The molecule has 1 rings (SSSR count). The van der Waals surface area contributed by atoms with Gasteiger partial charge in [0.05, 0.1) is 10.6 Å². The number of nitrogens with two attached hydrogens (primary N) is 1. The van der Waals surface area contributed by atoms with Gasteiger partial charge in [0.25, 0.3) is 5.69 Å². The Kier molecular flexibility index (Phi) is 2.88. The fraction of sp³-hybridized carbons (Fsp3) is 0.250. The summed E-state index contributed by atoms with van der Waals surface area (Å²) in [7, 11) is 3.61. The number of hydrazine groups is 1. The third kappa shape index (κ3) is 2.11. The van der Waals surface area contributed by atoms with Crippen LogP contribution >= 0.6 is 0 Å². The molecule has 6 nitrogen and oxygen atoms in total. The molecule has 0 amide bonds. The molecule has 0 atom stereocenters. The van der Waals surface area contributed by atoms with Gasteiger partial charge >= 0.3 is 0 Å². The molecular formula is C8H12N4O2. The van der Waals surface area contributed by atoms with E-state index in [4.69, 9.17) is 5.84 Å². The van der Waals surface area contributed by atoms with Crippen LogP contribution in [0.2, 0.25) is 0 Å². The Labute approximate surface area is 81.4 Å². The van der Waals surface area contributed by atoms with E-state index in [0.29, 0.717) is 5.69 Å². The van der Waals surface area contributed by atoms with Crippen LogP contribution in [-0.4, -0.2) is 19.0 Å². The summed E-state index contributed by atoms with van der Waals surface area (Å²) in [6.07, 6.45) is 0. The predicted octanol–water partition coefficient (Wildman–Crippen LogP) is 0.946. The van der Waals surface area contributed by atoms with E-state index in [9.17, 15) is 10.1 Å². The topological polar surface area (TPSA) is 84.4 Å². The molecule has 0 aromatic heterocycles. The number of hydrogen-bond donors (Lipinski definition) is 2. The van der Waals surface area contributed by atoms with Gasteiger partial charge in [-0.1, -0.05) is 0 Å². The van der Waals surface area contributed by atoms with E-state index < -0.39 is 4.92 Å². The largest absolute Gasteiger partial charge is 0.377 e. The highest BCUT2D eigenvalue weighted by atomic mass is 16.6. The molecule has 0 spiro atoms. The first kappa shape index (κ1) is 10.3. The third-order valence-electron chi connectivity index (χ3n) is 1.80. The van der Waals surface area contributed by atoms with Crippen molar-refractivity contribution < 1.29 is 4.92 Å². The van der Waals surface area contributed by atoms with Gasteiger partial charge < -0.3 is 10.3 Å². The van der Waals surface area contributed by atoms with Gasteiger partial charge in [0, 0.05) is 31.9 Å². The van der Waals surface area contributed by atoms with E-state index in [1.54, 1.807) is 25.1 Å². The summed E-state index contributed by atoms with van der Waals surface area (Å²) in [5.74, 6) is 5.20. The first-order valence-electron chi connectivity index (χ1n) is 3.98. The average Bonchev–Trinajstić information content (AvgIpc) is 2.16. The molecule has 0 unspecified atom stereocenters. The molecule has 1 aromatic rings. The fourth-order valence-electron chi connectivity index (χ4n) is 1.04. The van der Waals surface area contributed by atoms with Crippen molar-refractivity contribution in [3.63, 3.8) is 0 Å². The normalized spacial score (nSPS) is 9.64.